The van der Waals surface area contributed by atoms with Crippen LogP contribution in [0.1, 0.15) is 92.4 Å². The molecule has 146 valence electrons. The van der Waals surface area contributed by atoms with Gasteiger partial charge in [0, 0.05) is 12.3 Å². The summed E-state index contributed by atoms with van der Waals surface area (Å²) in [4.78, 5) is 11.6. The summed E-state index contributed by atoms with van der Waals surface area (Å²) in [5.74, 6) is 3.35. The van der Waals surface area contributed by atoms with Crippen LogP contribution in [0.15, 0.2) is 11.1 Å². The van der Waals surface area contributed by atoms with Gasteiger partial charge in [0.25, 0.3) is 0 Å². The molecule has 0 amide bonds. The number of fused-ring (bicyclic) bond motifs is 5. The third-order valence-corrected chi connectivity index (χ3v) is 9.45. The molecule has 0 saturated heterocycles. The number of carbonyl (C=O) groups is 1. The molecule has 4 rings (SSSR count). The molecule has 0 radical (unpaired) electrons. The number of esters is 1. The molecule has 2 nitrogen and oxygen atoms in total. The summed E-state index contributed by atoms with van der Waals surface area (Å²) < 4.78 is 5.79. The van der Waals surface area contributed by atoms with Gasteiger partial charge >= 0.3 is 5.97 Å². The number of carbonyl (C=O) groups excluding carboxylic acids is 1. The maximum absolute atomic E-state index is 11.6. The lowest BCUT2D eigenvalue weighted by Gasteiger charge is -2.60. The highest BCUT2D eigenvalue weighted by atomic mass is 16.5. The van der Waals surface area contributed by atoms with Gasteiger partial charge in [0.15, 0.2) is 0 Å². The summed E-state index contributed by atoms with van der Waals surface area (Å²) in [6.07, 6.45) is 12.1. The maximum Gasteiger partial charge on any atom is 0.302 e. The van der Waals surface area contributed by atoms with Crippen molar-refractivity contribution < 1.29 is 9.53 Å². The first-order chi connectivity index (χ1) is 12.3. The molecule has 4 aliphatic carbocycles. The highest BCUT2D eigenvalue weighted by Crippen LogP contribution is 2.67. The van der Waals surface area contributed by atoms with Crippen molar-refractivity contribution in [2.75, 3.05) is 0 Å². The van der Waals surface area contributed by atoms with Gasteiger partial charge in [-0.05, 0) is 101 Å². The lowest BCUT2D eigenvalue weighted by Crippen LogP contribution is -2.53. The number of rotatable bonds is 1. The summed E-state index contributed by atoms with van der Waals surface area (Å²) in [6, 6.07) is 0. The predicted molar refractivity (Wildman–Crippen MR) is 106 cm³/mol. The Hall–Kier alpha value is -0.790. The molecule has 0 bridgehead atoms. The minimum atomic E-state index is -0.0869. The van der Waals surface area contributed by atoms with Gasteiger partial charge in [-0.25, -0.2) is 0 Å². The summed E-state index contributed by atoms with van der Waals surface area (Å²) in [5, 5.41) is 0. The quantitative estimate of drug-likeness (QED) is 0.406. The Morgan fingerprint density at radius 1 is 0.923 bits per heavy atom. The Kier molecular flexibility index (Phi) is 4.56. The zero-order valence-corrected chi connectivity index (χ0v) is 17.6. The predicted octanol–water partition coefficient (Wildman–Crippen LogP) is 6.30. The van der Waals surface area contributed by atoms with E-state index < -0.39 is 0 Å². The number of hydrogen-bond acceptors (Lipinski definition) is 2. The van der Waals surface area contributed by atoms with Crippen molar-refractivity contribution in [3.63, 3.8) is 0 Å². The van der Waals surface area contributed by atoms with E-state index in [1.165, 1.54) is 51.4 Å². The van der Waals surface area contributed by atoms with E-state index in [9.17, 15) is 4.79 Å². The topological polar surface area (TPSA) is 26.3 Å². The first-order valence-electron chi connectivity index (χ1n) is 11.1. The summed E-state index contributed by atoms with van der Waals surface area (Å²) in [5.41, 5.74) is 4.10. The summed E-state index contributed by atoms with van der Waals surface area (Å²) in [7, 11) is 0. The molecular weight excluding hydrogens is 320 g/mol. The van der Waals surface area contributed by atoms with Crippen LogP contribution in [0.25, 0.3) is 0 Å². The second-order valence-corrected chi connectivity index (χ2v) is 10.7. The molecule has 26 heavy (non-hydrogen) atoms. The molecular formula is C24H38O2. The van der Waals surface area contributed by atoms with E-state index in [4.69, 9.17) is 4.74 Å². The number of hydrogen-bond donors (Lipinski definition) is 0. The fraction of sp³-hybridized carbons (Fsp3) is 0.875. The minimum absolute atomic E-state index is 0.0869. The van der Waals surface area contributed by atoms with Gasteiger partial charge in [-0.2, -0.15) is 0 Å². The summed E-state index contributed by atoms with van der Waals surface area (Å²) >= 11 is 0. The molecule has 0 aromatic heterocycles. The Morgan fingerprint density at radius 2 is 1.65 bits per heavy atom. The van der Waals surface area contributed by atoms with Gasteiger partial charge < -0.3 is 4.74 Å². The number of ether oxygens (including phenoxy) is 1. The third kappa shape index (κ3) is 2.69. The smallest absolute Gasteiger partial charge is 0.302 e. The Balaban J connectivity index is 1.57. The van der Waals surface area contributed by atoms with E-state index in [1.807, 2.05) is 0 Å². The molecule has 7 atom stereocenters. The van der Waals surface area contributed by atoms with E-state index in [0.717, 1.165) is 30.1 Å². The molecule has 4 fully saturated rings. The van der Waals surface area contributed by atoms with Crippen LogP contribution in [0.2, 0.25) is 0 Å². The molecule has 0 aromatic rings. The first-order valence-corrected chi connectivity index (χ1v) is 11.1. The van der Waals surface area contributed by atoms with Crippen molar-refractivity contribution in [1.82, 2.24) is 0 Å². The molecule has 4 aliphatic rings. The van der Waals surface area contributed by atoms with Gasteiger partial charge in [-0.1, -0.05) is 25.0 Å². The largest absolute Gasteiger partial charge is 0.462 e. The molecule has 4 saturated carbocycles. The van der Waals surface area contributed by atoms with Crippen LogP contribution >= 0.6 is 0 Å². The van der Waals surface area contributed by atoms with Crippen molar-refractivity contribution >= 4 is 5.97 Å². The van der Waals surface area contributed by atoms with Crippen molar-refractivity contribution in [3.05, 3.63) is 11.1 Å². The van der Waals surface area contributed by atoms with E-state index in [-0.39, 0.29) is 17.5 Å². The van der Waals surface area contributed by atoms with Crippen LogP contribution in [-0.2, 0) is 9.53 Å². The molecule has 0 heterocycles. The molecule has 0 spiro atoms. The van der Waals surface area contributed by atoms with E-state index in [0.29, 0.717) is 5.41 Å². The van der Waals surface area contributed by atoms with Gasteiger partial charge in [0.2, 0.25) is 0 Å². The monoisotopic (exact) mass is 358 g/mol. The lowest BCUT2D eigenvalue weighted by molar-refractivity contribution is -0.160. The van der Waals surface area contributed by atoms with Gasteiger partial charge in [-0.3, -0.25) is 4.79 Å². The van der Waals surface area contributed by atoms with Crippen LogP contribution in [0, 0.1) is 34.5 Å². The van der Waals surface area contributed by atoms with E-state index in [2.05, 4.69) is 27.7 Å². The zero-order chi connectivity index (χ0) is 18.7. The Bertz CT molecular complexity index is 616. The average Bonchev–Trinajstić information content (AvgIpc) is 2.90. The Labute approximate surface area is 160 Å². The number of allylic oxidation sites excluding steroid dienone is 2. The van der Waals surface area contributed by atoms with E-state index in [1.54, 1.807) is 18.1 Å². The molecule has 2 heteroatoms. The average molecular weight is 359 g/mol. The second kappa shape index (κ2) is 6.38. The molecule has 0 aliphatic heterocycles. The minimum Gasteiger partial charge on any atom is -0.462 e. The SMILES string of the molecule is CC(=O)O[C@H]1CC[C@H]2[C@@H]3CC[C@H]4CC(=C(C)C)CC[C@]4(C)[C@H]3CC[C@]12C. The second-order valence-electron chi connectivity index (χ2n) is 10.7. The van der Waals surface area contributed by atoms with Crippen LogP contribution in [0.3, 0.4) is 0 Å². The van der Waals surface area contributed by atoms with Crippen molar-refractivity contribution in [2.24, 2.45) is 34.5 Å². The molecule has 0 aromatic carbocycles. The van der Waals surface area contributed by atoms with Crippen molar-refractivity contribution in [2.45, 2.75) is 98.5 Å². The Morgan fingerprint density at radius 3 is 2.35 bits per heavy atom. The maximum atomic E-state index is 11.6. The fourth-order valence-electron chi connectivity index (χ4n) is 7.88. The fourth-order valence-corrected chi connectivity index (χ4v) is 7.88. The first kappa shape index (κ1) is 18.6. The zero-order valence-electron chi connectivity index (χ0n) is 17.6. The lowest BCUT2D eigenvalue weighted by atomic mass is 9.45. The van der Waals surface area contributed by atoms with Crippen molar-refractivity contribution in [3.8, 4) is 0 Å². The van der Waals surface area contributed by atoms with Crippen LogP contribution in [0.5, 0.6) is 0 Å². The van der Waals surface area contributed by atoms with E-state index >= 15 is 0 Å². The van der Waals surface area contributed by atoms with Crippen LogP contribution < -0.4 is 0 Å². The van der Waals surface area contributed by atoms with Crippen molar-refractivity contribution in [1.29, 1.82) is 0 Å². The molecule has 0 N–H and O–H groups in total. The molecule has 0 unspecified atom stereocenters. The third-order valence-electron chi connectivity index (χ3n) is 9.45. The van der Waals surface area contributed by atoms with Gasteiger partial charge in [0.1, 0.15) is 6.10 Å². The van der Waals surface area contributed by atoms with Gasteiger partial charge in [-0.15, -0.1) is 0 Å². The normalized spacial score (nSPS) is 47.6. The van der Waals surface area contributed by atoms with Crippen LogP contribution in [-0.4, -0.2) is 12.1 Å². The summed E-state index contributed by atoms with van der Waals surface area (Å²) in [6.45, 7) is 11.3. The standard InChI is InChI=1S/C24H38O2/c1-15(2)17-10-12-23(4)18(14-17)6-7-19-20-8-9-22(26-16(3)25)24(20,5)13-11-21(19)23/h18-22H,6-14H2,1-5H3/t18-,19-,20-,21-,22-,23-,24-/m0/s1. The highest BCUT2D eigenvalue weighted by molar-refractivity contribution is 5.66. The van der Waals surface area contributed by atoms with Gasteiger partial charge in [0.05, 0.1) is 0 Å². The van der Waals surface area contributed by atoms with Crippen LogP contribution in [0.4, 0.5) is 0 Å². The highest BCUT2D eigenvalue weighted by Gasteiger charge is 2.60.